The van der Waals surface area contributed by atoms with Crippen molar-refractivity contribution in [1.82, 2.24) is 0 Å². The number of halogens is 8. The first-order valence-electron chi connectivity index (χ1n) is 8.65. The van der Waals surface area contributed by atoms with Crippen molar-refractivity contribution in [3.05, 3.63) is 57.6 Å². The highest BCUT2D eigenvalue weighted by Crippen LogP contribution is 2.59. The molecule has 0 bridgehead atoms. The molecule has 0 saturated carbocycles. The molecule has 0 spiro atoms. The molecular formula is C20H20F8N2. The Morgan fingerprint density at radius 1 is 0.500 bits per heavy atom. The lowest BCUT2D eigenvalue weighted by molar-refractivity contribution is -0.374. The summed E-state index contributed by atoms with van der Waals surface area (Å²) in [6.45, 7) is 4.80. The third kappa shape index (κ3) is 3.26. The summed E-state index contributed by atoms with van der Waals surface area (Å²) in [5.74, 6) is -24.1. The molecule has 10 heteroatoms. The van der Waals surface area contributed by atoms with Crippen LogP contribution in [0.4, 0.5) is 46.5 Å². The zero-order valence-electron chi connectivity index (χ0n) is 16.5. The van der Waals surface area contributed by atoms with E-state index < -0.39 is 34.8 Å². The van der Waals surface area contributed by atoms with Crippen LogP contribution in [-0.4, -0.2) is 11.8 Å². The van der Waals surface area contributed by atoms with E-state index in [1.165, 1.54) is 27.7 Å². The highest BCUT2D eigenvalue weighted by molar-refractivity contribution is 5.56. The molecule has 4 N–H and O–H groups in total. The zero-order valence-corrected chi connectivity index (χ0v) is 16.5. The van der Waals surface area contributed by atoms with Gasteiger partial charge >= 0.3 is 23.7 Å². The van der Waals surface area contributed by atoms with Crippen LogP contribution < -0.4 is 11.5 Å². The second kappa shape index (κ2) is 7.02. The molecule has 30 heavy (non-hydrogen) atoms. The Labute approximate surface area is 167 Å². The van der Waals surface area contributed by atoms with Crippen LogP contribution in [0, 0.1) is 27.7 Å². The molecule has 2 aromatic rings. The monoisotopic (exact) mass is 440 g/mol. The third-order valence-electron chi connectivity index (χ3n) is 5.10. The minimum absolute atomic E-state index is 0.0113. The maximum absolute atomic E-state index is 14.6. The topological polar surface area (TPSA) is 52.0 Å². The van der Waals surface area contributed by atoms with E-state index in [2.05, 4.69) is 0 Å². The summed E-state index contributed by atoms with van der Waals surface area (Å²) in [7, 11) is 0. The summed E-state index contributed by atoms with van der Waals surface area (Å²) in [6, 6.07) is 1.90. The Morgan fingerprint density at radius 2 is 0.700 bits per heavy atom. The molecule has 0 saturated heterocycles. The van der Waals surface area contributed by atoms with Crippen molar-refractivity contribution in [1.29, 1.82) is 0 Å². The minimum atomic E-state index is -6.44. The number of aryl methyl sites for hydroxylation is 4. The predicted octanol–water partition coefficient (Wildman–Crippen LogP) is 6.24. The van der Waals surface area contributed by atoms with Gasteiger partial charge in [-0.25, -0.2) is 0 Å². The molecule has 0 unspecified atom stereocenters. The molecule has 166 valence electrons. The Morgan fingerprint density at radius 3 is 0.900 bits per heavy atom. The van der Waals surface area contributed by atoms with E-state index in [1.807, 2.05) is 0 Å². The molecular weight excluding hydrogens is 420 g/mol. The number of hydrogen-bond acceptors (Lipinski definition) is 2. The van der Waals surface area contributed by atoms with Crippen LogP contribution in [-0.2, 0) is 11.8 Å². The van der Waals surface area contributed by atoms with E-state index >= 15 is 0 Å². The fourth-order valence-electron chi connectivity index (χ4n) is 3.07. The maximum Gasteiger partial charge on any atom is 0.382 e. The molecule has 0 atom stereocenters. The van der Waals surface area contributed by atoms with Gasteiger partial charge in [-0.3, -0.25) is 0 Å². The van der Waals surface area contributed by atoms with Crippen molar-refractivity contribution in [3.8, 4) is 0 Å². The normalized spacial score (nSPS) is 13.6. The number of nitrogens with two attached hydrogens (primary N) is 2. The molecule has 0 aliphatic carbocycles. The van der Waals surface area contributed by atoms with Crippen molar-refractivity contribution in [2.45, 2.75) is 51.4 Å². The molecule has 0 amide bonds. The maximum atomic E-state index is 14.6. The lowest BCUT2D eigenvalue weighted by atomic mass is 9.88. The van der Waals surface area contributed by atoms with Crippen molar-refractivity contribution in [3.63, 3.8) is 0 Å². The van der Waals surface area contributed by atoms with E-state index in [4.69, 9.17) is 11.5 Å². The van der Waals surface area contributed by atoms with Gasteiger partial charge in [0.1, 0.15) is 0 Å². The van der Waals surface area contributed by atoms with Gasteiger partial charge in [0, 0.05) is 22.5 Å². The highest BCUT2D eigenvalue weighted by Gasteiger charge is 2.81. The Hall–Kier alpha value is -2.52. The fourth-order valence-corrected chi connectivity index (χ4v) is 3.07. The average Bonchev–Trinajstić information content (AvgIpc) is 2.62. The fraction of sp³-hybridized carbons (Fsp3) is 0.400. The molecule has 0 aliphatic rings. The summed E-state index contributed by atoms with van der Waals surface area (Å²) in [6.07, 6.45) is 0. The van der Waals surface area contributed by atoms with E-state index in [1.54, 1.807) is 0 Å². The van der Waals surface area contributed by atoms with E-state index in [0.29, 0.717) is 24.3 Å². The van der Waals surface area contributed by atoms with Crippen molar-refractivity contribution >= 4 is 11.4 Å². The average molecular weight is 440 g/mol. The van der Waals surface area contributed by atoms with Crippen LogP contribution in [0.3, 0.4) is 0 Å². The molecule has 0 fully saturated rings. The number of anilines is 2. The van der Waals surface area contributed by atoms with Gasteiger partial charge < -0.3 is 11.5 Å². The Kier molecular flexibility index (Phi) is 5.56. The van der Waals surface area contributed by atoms with Crippen LogP contribution in [0.25, 0.3) is 0 Å². The molecule has 0 aliphatic heterocycles. The second-order valence-corrected chi connectivity index (χ2v) is 7.35. The van der Waals surface area contributed by atoms with E-state index in [-0.39, 0.29) is 33.6 Å². The van der Waals surface area contributed by atoms with Crippen LogP contribution in [0.15, 0.2) is 24.3 Å². The van der Waals surface area contributed by atoms with Crippen molar-refractivity contribution < 1.29 is 35.1 Å². The summed E-state index contributed by atoms with van der Waals surface area (Å²) in [4.78, 5) is 0. The third-order valence-corrected chi connectivity index (χ3v) is 5.10. The van der Waals surface area contributed by atoms with Crippen LogP contribution >= 0.6 is 0 Å². The lowest BCUT2D eigenvalue weighted by Gasteiger charge is -2.37. The van der Waals surface area contributed by atoms with Crippen molar-refractivity contribution in [2.75, 3.05) is 11.5 Å². The summed E-state index contributed by atoms with van der Waals surface area (Å²) < 4.78 is 116. The SMILES string of the molecule is Cc1cc(C(F)(F)C(F)(F)C(F)(F)C(F)(F)c2cc(C)c(N)c(C)c2)cc(C)c1N. The quantitative estimate of drug-likeness (QED) is 0.427. The van der Waals surface area contributed by atoms with E-state index in [0.717, 1.165) is 0 Å². The Balaban J connectivity index is 2.66. The predicted molar refractivity (Wildman–Crippen MR) is 98.3 cm³/mol. The lowest BCUT2D eigenvalue weighted by Crippen LogP contribution is -2.59. The summed E-state index contributed by atoms with van der Waals surface area (Å²) >= 11 is 0. The zero-order chi connectivity index (χ0) is 23.4. The number of alkyl halides is 8. The smallest absolute Gasteiger partial charge is 0.382 e. The number of benzene rings is 2. The molecule has 2 nitrogen and oxygen atoms in total. The summed E-state index contributed by atoms with van der Waals surface area (Å²) in [5.41, 5.74) is 7.68. The minimum Gasteiger partial charge on any atom is -0.398 e. The van der Waals surface area contributed by atoms with Crippen LogP contribution in [0.5, 0.6) is 0 Å². The summed E-state index contributed by atoms with van der Waals surface area (Å²) in [5, 5.41) is 0. The van der Waals surface area contributed by atoms with Crippen LogP contribution in [0.2, 0.25) is 0 Å². The van der Waals surface area contributed by atoms with Gasteiger partial charge in [0.05, 0.1) is 0 Å². The number of nitrogen functional groups attached to an aromatic ring is 2. The van der Waals surface area contributed by atoms with Gasteiger partial charge in [-0.15, -0.1) is 0 Å². The first-order chi connectivity index (χ1) is 13.4. The van der Waals surface area contributed by atoms with Gasteiger partial charge in [0.25, 0.3) is 0 Å². The van der Waals surface area contributed by atoms with Gasteiger partial charge in [-0.1, -0.05) is 0 Å². The molecule has 0 aromatic heterocycles. The Bertz CT molecular complexity index is 857. The largest absolute Gasteiger partial charge is 0.398 e. The van der Waals surface area contributed by atoms with Gasteiger partial charge in [-0.05, 0) is 74.2 Å². The van der Waals surface area contributed by atoms with Crippen molar-refractivity contribution in [2.24, 2.45) is 0 Å². The van der Waals surface area contributed by atoms with Gasteiger partial charge in [0.2, 0.25) is 0 Å². The molecule has 0 radical (unpaired) electrons. The number of hydrogen-bond donors (Lipinski definition) is 2. The first kappa shape index (κ1) is 23.8. The second-order valence-electron chi connectivity index (χ2n) is 7.35. The number of rotatable bonds is 5. The van der Waals surface area contributed by atoms with Gasteiger partial charge in [0.15, 0.2) is 0 Å². The molecule has 2 aromatic carbocycles. The standard InChI is InChI=1S/C20H20F8N2/c1-9-5-13(6-10(2)15(9)29)17(21,22)19(25,26)20(27,28)18(23,24)14-7-11(3)16(30)12(4)8-14/h5-8H,29-30H2,1-4H3. The van der Waals surface area contributed by atoms with E-state index in [9.17, 15) is 35.1 Å². The molecule has 2 rings (SSSR count). The molecule has 0 heterocycles. The van der Waals surface area contributed by atoms with Crippen LogP contribution in [0.1, 0.15) is 33.4 Å². The first-order valence-corrected chi connectivity index (χ1v) is 8.65. The highest BCUT2D eigenvalue weighted by atomic mass is 19.4. The van der Waals surface area contributed by atoms with Gasteiger partial charge in [-0.2, -0.15) is 35.1 Å².